The molecule has 1 aromatic heterocycles. The molecule has 3 heteroatoms. The van der Waals surface area contributed by atoms with E-state index in [1.54, 1.807) is 0 Å². The van der Waals surface area contributed by atoms with Gasteiger partial charge in [-0.05, 0) is 38.5 Å². The molecule has 3 nitrogen and oxygen atoms in total. The van der Waals surface area contributed by atoms with Gasteiger partial charge in [0.2, 0.25) is 0 Å². The number of aryl methyl sites for hydroxylation is 1. The highest BCUT2D eigenvalue weighted by atomic mass is 14.9. The molecule has 0 bridgehead atoms. The molecular formula is C13H21N3. The van der Waals surface area contributed by atoms with Crippen molar-refractivity contribution in [2.24, 2.45) is 5.92 Å². The second-order valence-corrected chi connectivity index (χ2v) is 4.99. The summed E-state index contributed by atoms with van der Waals surface area (Å²) >= 11 is 0. The third-order valence-electron chi connectivity index (χ3n) is 3.42. The molecule has 0 spiro atoms. The molecule has 1 aliphatic rings. The van der Waals surface area contributed by atoms with E-state index in [2.05, 4.69) is 22.2 Å². The zero-order valence-corrected chi connectivity index (χ0v) is 10.2. The largest absolute Gasteiger partial charge is 0.308 e. The van der Waals surface area contributed by atoms with Gasteiger partial charge in [-0.15, -0.1) is 0 Å². The minimum Gasteiger partial charge on any atom is -0.308 e. The van der Waals surface area contributed by atoms with Gasteiger partial charge in [0.25, 0.3) is 0 Å². The van der Waals surface area contributed by atoms with Crippen LogP contribution in [0.3, 0.4) is 0 Å². The predicted octanol–water partition coefficient (Wildman–Crippen LogP) is 2.45. The minimum absolute atomic E-state index is 0.680. The monoisotopic (exact) mass is 219 g/mol. The predicted molar refractivity (Wildman–Crippen MR) is 65.0 cm³/mol. The molecule has 1 aliphatic carbocycles. The van der Waals surface area contributed by atoms with Gasteiger partial charge in [0.1, 0.15) is 0 Å². The first-order valence-electron chi connectivity index (χ1n) is 6.25. The Morgan fingerprint density at radius 3 is 2.56 bits per heavy atom. The van der Waals surface area contributed by atoms with E-state index in [9.17, 15) is 0 Å². The van der Waals surface area contributed by atoms with Crippen LogP contribution < -0.4 is 5.32 Å². The van der Waals surface area contributed by atoms with Crippen LogP contribution in [0.15, 0.2) is 12.4 Å². The summed E-state index contributed by atoms with van der Waals surface area (Å²) in [6, 6.07) is 0.680. The van der Waals surface area contributed by atoms with Crippen molar-refractivity contribution in [2.45, 2.75) is 52.1 Å². The SMILES string of the molecule is Cc1cnc(CNC2CCC(C)CC2)cn1. The molecule has 1 heterocycles. The van der Waals surface area contributed by atoms with Gasteiger partial charge in [0.05, 0.1) is 11.4 Å². The highest BCUT2D eigenvalue weighted by Gasteiger charge is 2.17. The molecule has 1 N–H and O–H groups in total. The van der Waals surface area contributed by atoms with Crippen LogP contribution in [0.4, 0.5) is 0 Å². The van der Waals surface area contributed by atoms with Crippen molar-refractivity contribution in [1.82, 2.24) is 15.3 Å². The average Bonchev–Trinajstić information content (AvgIpc) is 2.30. The Morgan fingerprint density at radius 2 is 1.94 bits per heavy atom. The second kappa shape index (κ2) is 5.39. The van der Waals surface area contributed by atoms with Crippen LogP contribution in [-0.2, 0) is 6.54 Å². The van der Waals surface area contributed by atoms with E-state index in [1.807, 2.05) is 19.3 Å². The molecule has 0 atom stereocenters. The molecule has 2 rings (SSSR count). The maximum absolute atomic E-state index is 4.35. The standard InChI is InChI=1S/C13H21N3/c1-10-3-5-12(6-4-10)16-9-13-8-14-11(2)7-15-13/h7-8,10,12,16H,3-6,9H2,1-2H3. The molecule has 1 fully saturated rings. The van der Waals surface area contributed by atoms with Crippen molar-refractivity contribution in [2.75, 3.05) is 0 Å². The Hall–Kier alpha value is -0.960. The Labute approximate surface area is 97.7 Å². The summed E-state index contributed by atoms with van der Waals surface area (Å²) in [6.45, 7) is 5.17. The molecular weight excluding hydrogens is 198 g/mol. The van der Waals surface area contributed by atoms with E-state index in [-0.39, 0.29) is 0 Å². The van der Waals surface area contributed by atoms with Gasteiger partial charge in [0.15, 0.2) is 0 Å². The van der Waals surface area contributed by atoms with E-state index >= 15 is 0 Å². The molecule has 0 aliphatic heterocycles. The highest BCUT2D eigenvalue weighted by Crippen LogP contribution is 2.23. The molecule has 0 saturated heterocycles. The van der Waals surface area contributed by atoms with E-state index in [0.717, 1.165) is 23.9 Å². The number of nitrogens with zero attached hydrogens (tertiary/aromatic N) is 2. The van der Waals surface area contributed by atoms with Crippen LogP contribution >= 0.6 is 0 Å². The first-order valence-corrected chi connectivity index (χ1v) is 6.25. The van der Waals surface area contributed by atoms with Gasteiger partial charge in [0, 0.05) is 25.0 Å². The van der Waals surface area contributed by atoms with Crippen LogP contribution in [0, 0.1) is 12.8 Å². The van der Waals surface area contributed by atoms with Crippen LogP contribution in [0.2, 0.25) is 0 Å². The Kier molecular flexibility index (Phi) is 3.88. The lowest BCUT2D eigenvalue weighted by molar-refractivity contribution is 0.306. The first kappa shape index (κ1) is 11.5. The fourth-order valence-corrected chi connectivity index (χ4v) is 2.22. The average molecular weight is 219 g/mol. The summed E-state index contributed by atoms with van der Waals surface area (Å²) < 4.78 is 0. The quantitative estimate of drug-likeness (QED) is 0.848. The lowest BCUT2D eigenvalue weighted by atomic mass is 9.87. The topological polar surface area (TPSA) is 37.8 Å². The van der Waals surface area contributed by atoms with Crippen molar-refractivity contribution in [3.05, 3.63) is 23.8 Å². The summed E-state index contributed by atoms with van der Waals surface area (Å²) in [5.41, 5.74) is 2.03. The lowest BCUT2D eigenvalue weighted by Crippen LogP contribution is -2.32. The van der Waals surface area contributed by atoms with Crippen LogP contribution in [0.5, 0.6) is 0 Å². The smallest absolute Gasteiger partial charge is 0.0724 e. The van der Waals surface area contributed by atoms with Gasteiger partial charge < -0.3 is 5.32 Å². The van der Waals surface area contributed by atoms with Crippen molar-refractivity contribution < 1.29 is 0 Å². The molecule has 0 amide bonds. The van der Waals surface area contributed by atoms with E-state index in [1.165, 1.54) is 25.7 Å². The summed E-state index contributed by atoms with van der Waals surface area (Å²) in [5, 5.41) is 3.58. The molecule has 1 saturated carbocycles. The van der Waals surface area contributed by atoms with E-state index in [0.29, 0.717) is 6.04 Å². The summed E-state index contributed by atoms with van der Waals surface area (Å²) in [7, 11) is 0. The fraction of sp³-hybridized carbons (Fsp3) is 0.692. The number of hydrogen-bond acceptors (Lipinski definition) is 3. The number of nitrogens with one attached hydrogen (secondary N) is 1. The number of rotatable bonds is 3. The maximum Gasteiger partial charge on any atom is 0.0724 e. The van der Waals surface area contributed by atoms with Gasteiger partial charge in [-0.2, -0.15) is 0 Å². The number of hydrogen-bond donors (Lipinski definition) is 1. The summed E-state index contributed by atoms with van der Waals surface area (Å²) in [5.74, 6) is 0.914. The molecule has 0 aromatic carbocycles. The third-order valence-corrected chi connectivity index (χ3v) is 3.42. The summed E-state index contributed by atoms with van der Waals surface area (Å²) in [4.78, 5) is 8.61. The normalized spacial score (nSPS) is 25.6. The van der Waals surface area contributed by atoms with Gasteiger partial charge in [-0.1, -0.05) is 6.92 Å². The molecule has 0 unspecified atom stereocenters. The number of aromatic nitrogens is 2. The lowest BCUT2D eigenvalue weighted by Gasteiger charge is -2.26. The van der Waals surface area contributed by atoms with Crippen LogP contribution in [0.25, 0.3) is 0 Å². The van der Waals surface area contributed by atoms with Crippen molar-refractivity contribution >= 4 is 0 Å². The van der Waals surface area contributed by atoms with E-state index in [4.69, 9.17) is 0 Å². The fourth-order valence-electron chi connectivity index (χ4n) is 2.22. The van der Waals surface area contributed by atoms with Crippen molar-refractivity contribution in [1.29, 1.82) is 0 Å². The molecule has 16 heavy (non-hydrogen) atoms. The van der Waals surface area contributed by atoms with Crippen molar-refractivity contribution in [3.8, 4) is 0 Å². The van der Waals surface area contributed by atoms with E-state index < -0.39 is 0 Å². The molecule has 1 aromatic rings. The van der Waals surface area contributed by atoms with Gasteiger partial charge in [-0.25, -0.2) is 0 Å². The van der Waals surface area contributed by atoms with Gasteiger partial charge >= 0.3 is 0 Å². The Balaban J connectivity index is 1.77. The first-order chi connectivity index (χ1) is 7.74. The third kappa shape index (κ3) is 3.27. The Bertz CT molecular complexity index is 312. The highest BCUT2D eigenvalue weighted by molar-refractivity contribution is 5.00. The van der Waals surface area contributed by atoms with Crippen LogP contribution in [0.1, 0.15) is 44.0 Å². The minimum atomic E-state index is 0.680. The zero-order chi connectivity index (χ0) is 11.4. The molecule has 0 radical (unpaired) electrons. The summed E-state index contributed by atoms with van der Waals surface area (Å²) in [6.07, 6.45) is 9.03. The second-order valence-electron chi connectivity index (χ2n) is 4.99. The zero-order valence-electron chi connectivity index (χ0n) is 10.2. The Morgan fingerprint density at radius 1 is 1.19 bits per heavy atom. The molecule has 88 valence electrons. The van der Waals surface area contributed by atoms with Crippen LogP contribution in [-0.4, -0.2) is 16.0 Å². The van der Waals surface area contributed by atoms with Crippen molar-refractivity contribution in [3.63, 3.8) is 0 Å². The van der Waals surface area contributed by atoms with Gasteiger partial charge in [-0.3, -0.25) is 9.97 Å². The maximum atomic E-state index is 4.35.